The number of carbonyl (C=O) groups excluding carboxylic acids is 1. The van der Waals surface area contributed by atoms with Gasteiger partial charge < -0.3 is 9.64 Å². The Morgan fingerprint density at radius 2 is 1.82 bits per heavy atom. The van der Waals surface area contributed by atoms with Crippen LogP contribution in [0, 0.1) is 0 Å². The van der Waals surface area contributed by atoms with E-state index in [1.807, 2.05) is 41.3 Å². The van der Waals surface area contributed by atoms with Crippen LogP contribution in [0.15, 0.2) is 77.8 Å². The van der Waals surface area contributed by atoms with Gasteiger partial charge in [0, 0.05) is 36.4 Å². The number of sulfonamides is 1. The van der Waals surface area contributed by atoms with Crippen molar-refractivity contribution >= 4 is 33.2 Å². The number of halogens is 1. The van der Waals surface area contributed by atoms with Crippen molar-refractivity contribution in [2.75, 3.05) is 37.7 Å². The first kappa shape index (κ1) is 23.4. The number of morpholine rings is 1. The van der Waals surface area contributed by atoms with Crippen LogP contribution in [0.2, 0.25) is 5.02 Å². The quantitative estimate of drug-likeness (QED) is 0.453. The second-order valence-electron chi connectivity index (χ2n) is 7.64. The number of benzene rings is 2. The van der Waals surface area contributed by atoms with Gasteiger partial charge in [0.2, 0.25) is 10.0 Å². The molecule has 0 unspecified atom stereocenters. The second-order valence-corrected chi connectivity index (χ2v) is 10.0. The van der Waals surface area contributed by atoms with Gasteiger partial charge in [-0.05, 0) is 42.0 Å². The van der Waals surface area contributed by atoms with Crippen LogP contribution in [0.25, 0.3) is 0 Å². The van der Waals surface area contributed by atoms with Gasteiger partial charge in [-0.2, -0.15) is 4.31 Å². The Morgan fingerprint density at radius 1 is 1.03 bits per heavy atom. The molecule has 9 heteroatoms. The Morgan fingerprint density at radius 3 is 2.55 bits per heavy atom. The van der Waals surface area contributed by atoms with Gasteiger partial charge in [-0.15, -0.1) is 0 Å². The van der Waals surface area contributed by atoms with Crippen molar-refractivity contribution in [3.05, 3.63) is 89.1 Å². The van der Waals surface area contributed by atoms with Crippen molar-refractivity contribution in [2.24, 2.45) is 0 Å². The normalized spacial score (nSPS) is 14.7. The van der Waals surface area contributed by atoms with E-state index in [0.29, 0.717) is 49.3 Å². The predicted molar refractivity (Wildman–Crippen MR) is 127 cm³/mol. The highest BCUT2D eigenvalue weighted by molar-refractivity contribution is 7.89. The van der Waals surface area contributed by atoms with Crippen LogP contribution in [0.4, 0.5) is 5.82 Å². The van der Waals surface area contributed by atoms with Crippen molar-refractivity contribution < 1.29 is 17.9 Å². The summed E-state index contributed by atoms with van der Waals surface area (Å²) in [6.07, 6.45) is 1.67. The first-order valence-corrected chi connectivity index (χ1v) is 12.4. The van der Waals surface area contributed by atoms with E-state index in [2.05, 4.69) is 4.98 Å². The number of rotatable bonds is 8. The Hall–Kier alpha value is -2.78. The van der Waals surface area contributed by atoms with Gasteiger partial charge in [-0.3, -0.25) is 4.79 Å². The minimum Gasteiger partial charge on any atom is -0.379 e. The topological polar surface area (TPSA) is 79.8 Å². The maximum atomic E-state index is 13.2. The molecule has 0 atom stereocenters. The van der Waals surface area contributed by atoms with Gasteiger partial charge >= 0.3 is 0 Å². The van der Waals surface area contributed by atoms with Crippen LogP contribution < -0.4 is 4.90 Å². The Labute approximate surface area is 198 Å². The fourth-order valence-electron chi connectivity index (χ4n) is 3.65. The fraction of sp³-hybridized carbons (Fsp3) is 0.250. The maximum absolute atomic E-state index is 13.2. The first-order chi connectivity index (χ1) is 15.9. The van der Waals surface area contributed by atoms with Gasteiger partial charge in [0.1, 0.15) is 5.82 Å². The minimum absolute atomic E-state index is 0.0323. The zero-order chi connectivity index (χ0) is 23.3. The third-order valence-electron chi connectivity index (χ3n) is 5.33. The van der Waals surface area contributed by atoms with E-state index in [0.717, 1.165) is 5.56 Å². The smallest absolute Gasteiger partial charge is 0.243 e. The molecule has 4 rings (SSSR count). The van der Waals surface area contributed by atoms with Crippen LogP contribution in [0.3, 0.4) is 0 Å². The molecular weight excluding hydrogens is 462 g/mol. The molecule has 172 valence electrons. The number of nitrogens with zero attached hydrogens (tertiary/aromatic N) is 3. The van der Waals surface area contributed by atoms with Crippen molar-refractivity contribution in [1.82, 2.24) is 9.29 Å². The number of anilines is 1. The molecule has 33 heavy (non-hydrogen) atoms. The van der Waals surface area contributed by atoms with Crippen LogP contribution in [-0.2, 0) is 21.3 Å². The molecule has 3 aromatic rings. The van der Waals surface area contributed by atoms with E-state index >= 15 is 0 Å². The fourth-order valence-corrected chi connectivity index (χ4v) is 5.31. The summed E-state index contributed by atoms with van der Waals surface area (Å²) >= 11 is 6.13. The molecule has 1 aliphatic heterocycles. The highest BCUT2D eigenvalue weighted by Gasteiger charge is 2.27. The molecule has 1 saturated heterocycles. The van der Waals surface area contributed by atoms with Crippen molar-refractivity contribution in [3.63, 3.8) is 0 Å². The molecule has 1 aliphatic rings. The molecule has 0 bridgehead atoms. The Bertz CT molecular complexity index is 1220. The molecule has 1 fully saturated rings. The van der Waals surface area contributed by atoms with Crippen LogP contribution in [0.1, 0.15) is 15.9 Å². The number of ketones is 1. The predicted octanol–water partition coefficient (Wildman–Crippen LogP) is 3.65. The zero-order valence-corrected chi connectivity index (χ0v) is 19.5. The number of ether oxygens (including phenoxy) is 1. The molecule has 1 aromatic heterocycles. The maximum Gasteiger partial charge on any atom is 0.243 e. The summed E-state index contributed by atoms with van der Waals surface area (Å²) in [7, 11) is -3.69. The monoisotopic (exact) mass is 485 g/mol. The van der Waals surface area contributed by atoms with Crippen molar-refractivity contribution in [1.29, 1.82) is 0 Å². The number of carbonyl (C=O) groups is 1. The van der Waals surface area contributed by atoms with Crippen LogP contribution in [-0.4, -0.2) is 56.3 Å². The van der Waals surface area contributed by atoms with E-state index in [1.165, 1.54) is 16.4 Å². The minimum atomic E-state index is -3.69. The number of Topliss-reactive ketones (excluding diaryl/α,β-unsaturated/α-hetero) is 1. The number of hydrogen-bond donors (Lipinski definition) is 0. The van der Waals surface area contributed by atoms with Crippen LogP contribution >= 0.6 is 11.6 Å². The van der Waals surface area contributed by atoms with E-state index in [-0.39, 0.29) is 17.2 Å². The summed E-state index contributed by atoms with van der Waals surface area (Å²) in [5.41, 5.74) is 1.26. The summed E-state index contributed by atoms with van der Waals surface area (Å²) in [6, 6.07) is 19.1. The molecule has 0 amide bonds. The second kappa shape index (κ2) is 10.4. The van der Waals surface area contributed by atoms with Crippen molar-refractivity contribution in [3.8, 4) is 0 Å². The molecule has 0 radical (unpaired) electrons. The van der Waals surface area contributed by atoms with Gasteiger partial charge in [0.25, 0.3) is 0 Å². The molecule has 0 aliphatic carbocycles. The standard InChI is InChI=1S/C24H24ClN3O4S/c25-21-7-3-5-19(15-21)17-27(24-9-1-2-10-26-24)18-23(29)20-6-4-8-22(16-20)33(30,31)28-11-13-32-14-12-28/h1-10,15-16H,11-14,17-18H2. The molecule has 0 saturated carbocycles. The first-order valence-electron chi connectivity index (χ1n) is 10.5. The van der Waals surface area contributed by atoms with E-state index < -0.39 is 10.0 Å². The lowest BCUT2D eigenvalue weighted by Gasteiger charge is -2.26. The molecular formula is C24H24ClN3O4S. The molecule has 7 nitrogen and oxygen atoms in total. The van der Waals surface area contributed by atoms with Gasteiger partial charge in [0.15, 0.2) is 5.78 Å². The zero-order valence-electron chi connectivity index (χ0n) is 17.9. The van der Waals surface area contributed by atoms with Crippen LogP contribution in [0.5, 0.6) is 0 Å². The summed E-state index contributed by atoms with van der Waals surface area (Å²) in [6.45, 7) is 1.78. The average molecular weight is 486 g/mol. The molecule has 2 heterocycles. The summed E-state index contributed by atoms with van der Waals surface area (Å²) in [4.78, 5) is 19.6. The third kappa shape index (κ3) is 5.78. The lowest BCUT2D eigenvalue weighted by molar-refractivity contribution is 0.0730. The van der Waals surface area contributed by atoms with Gasteiger partial charge in [0.05, 0.1) is 24.7 Å². The van der Waals surface area contributed by atoms with E-state index in [9.17, 15) is 13.2 Å². The van der Waals surface area contributed by atoms with Crippen molar-refractivity contribution in [2.45, 2.75) is 11.4 Å². The Kier molecular flexibility index (Phi) is 7.39. The van der Waals surface area contributed by atoms with E-state index in [1.54, 1.807) is 24.4 Å². The third-order valence-corrected chi connectivity index (χ3v) is 7.46. The molecule has 0 N–H and O–H groups in total. The number of aromatic nitrogens is 1. The highest BCUT2D eigenvalue weighted by atomic mass is 35.5. The summed E-state index contributed by atoms with van der Waals surface area (Å²) in [5, 5.41) is 0.612. The molecule has 0 spiro atoms. The average Bonchev–Trinajstić information content (AvgIpc) is 2.85. The lowest BCUT2D eigenvalue weighted by atomic mass is 10.1. The Balaban J connectivity index is 1.57. The molecule has 2 aromatic carbocycles. The summed E-state index contributed by atoms with van der Waals surface area (Å²) in [5.74, 6) is 0.435. The van der Waals surface area contributed by atoms with E-state index in [4.69, 9.17) is 16.3 Å². The highest BCUT2D eigenvalue weighted by Crippen LogP contribution is 2.21. The largest absolute Gasteiger partial charge is 0.379 e. The van der Waals surface area contributed by atoms with Gasteiger partial charge in [-0.1, -0.05) is 41.9 Å². The lowest BCUT2D eigenvalue weighted by Crippen LogP contribution is -2.40. The summed E-state index contributed by atoms with van der Waals surface area (Å²) < 4.78 is 32.7. The van der Waals surface area contributed by atoms with Gasteiger partial charge in [-0.25, -0.2) is 13.4 Å². The number of pyridine rings is 1. The SMILES string of the molecule is O=C(CN(Cc1cccc(Cl)c1)c1ccccn1)c1cccc(S(=O)(=O)N2CCOCC2)c1. The number of hydrogen-bond acceptors (Lipinski definition) is 6.